The normalized spacial score (nSPS) is 10.4. The fraction of sp³-hybridized carbons (Fsp3) is 0.455. The van der Waals surface area contributed by atoms with Crippen molar-refractivity contribution in [2.24, 2.45) is 0 Å². The van der Waals surface area contributed by atoms with Crippen LogP contribution in [0.1, 0.15) is 12.5 Å². The minimum absolute atomic E-state index is 0.0248. The van der Waals surface area contributed by atoms with Gasteiger partial charge in [0.2, 0.25) is 5.82 Å². The van der Waals surface area contributed by atoms with Gasteiger partial charge in [-0.1, -0.05) is 6.07 Å². The fourth-order valence-electron chi connectivity index (χ4n) is 1.29. The van der Waals surface area contributed by atoms with Crippen molar-refractivity contribution >= 4 is 0 Å². The topological polar surface area (TPSA) is 21.3 Å². The molecule has 0 unspecified atom stereocenters. The van der Waals surface area contributed by atoms with E-state index in [0.717, 1.165) is 0 Å². The van der Waals surface area contributed by atoms with E-state index in [1.165, 1.54) is 6.07 Å². The molecule has 1 aromatic carbocycles. The summed E-state index contributed by atoms with van der Waals surface area (Å²) >= 11 is 0. The largest absolute Gasteiger partial charge is 0.491 e. The highest BCUT2D eigenvalue weighted by Gasteiger charge is 2.13. The van der Waals surface area contributed by atoms with Crippen molar-refractivity contribution in [3.63, 3.8) is 0 Å². The van der Waals surface area contributed by atoms with Crippen molar-refractivity contribution in [2.75, 3.05) is 20.2 Å². The van der Waals surface area contributed by atoms with Gasteiger partial charge >= 0.3 is 0 Å². The van der Waals surface area contributed by atoms with Gasteiger partial charge in [-0.2, -0.15) is 4.39 Å². The van der Waals surface area contributed by atoms with Crippen LogP contribution in [0, 0.1) is 11.6 Å². The Morgan fingerprint density at radius 2 is 2.00 bits per heavy atom. The first kappa shape index (κ1) is 11.9. The van der Waals surface area contributed by atoms with Gasteiger partial charge in [-0.25, -0.2) is 4.39 Å². The Hall–Kier alpha value is -1.16. The zero-order chi connectivity index (χ0) is 11.3. The van der Waals surface area contributed by atoms with Gasteiger partial charge in [-0.15, -0.1) is 0 Å². The molecule has 4 heteroatoms. The second kappa shape index (κ2) is 5.66. The van der Waals surface area contributed by atoms with Crippen LogP contribution in [0.4, 0.5) is 8.78 Å². The van der Waals surface area contributed by atoms with E-state index < -0.39 is 11.6 Å². The molecule has 1 rings (SSSR count). The molecule has 0 radical (unpaired) electrons. The van der Waals surface area contributed by atoms with Gasteiger partial charge in [0.1, 0.15) is 0 Å². The zero-order valence-electron chi connectivity index (χ0n) is 8.94. The lowest BCUT2D eigenvalue weighted by Crippen LogP contribution is -2.12. The predicted molar refractivity (Wildman–Crippen MR) is 55.2 cm³/mol. The van der Waals surface area contributed by atoms with Gasteiger partial charge in [0.15, 0.2) is 11.6 Å². The summed E-state index contributed by atoms with van der Waals surface area (Å²) in [5, 5.41) is 2.88. The number of benzene rings is 1. The van der Waals surface area contributed by atoms with E-state index in [9.17, 15) is 8.78 Å². The van der Waals surface area contributed by atoms with Gasteiger partial charge in [-0.05, 0) is 38.6 Å². The third kappa shape index (κ3) is 2.89. The number of likely N-dealkylation sites (N-methyl/N-ethyl adjacent to an activating group) is 1. The molecule has 0 saturated carbocycles. The molecule has 1 aromatic rings. The predicted octanol–water partition coefficient (Wildman–Crippen LogP) is 2.13. The molecule has 15 heavy (non-hydrogen) atoms. The molecule has 2 nitrogen and oxygen atoms in total. The van der Waals surface area contributed by atoms with Crippen LogP contribution < -0.4 is 10.1 Å². The number of halogens is 2. The molecule has 84 valence electrons. The molecule has 1 N–H and O–H groups in total. The van der Waals surface area contributed by atoms with E-state index in [1.54, 1.807) is 20.0 Å². The quantitative estimate of drug-likeness (QED) is 0.812. The first-order valence-corrected chi connectivity index (χ1v) is 4.95. The van der Waals surface area contributed by atoms with Crippen molar-refractivity contribution in [1.82, 2.24) is 5.32 Å². The summed E-state index contributed by atoms with van der Waals surface area (Å²) in [5.41, 5.74) is 0.366. The van der Waals surface area contributed by atoms with Crippen LogP contribution in [0.15, 0.2) is 12.1 Å². The standard InChI is InChI=1S/C11H15F2NO/c1-3-15-9-5-4-8(6-7-14-2)10(12)11(9)13/h4-5,14H,3,6-7H2,1-2H3. The second-order valence-electron chi connectivity index (χ2n) is 3.14. The van der Waals surface area contributed by atoms with Gasteiger partial charge in [0.05, 0.1) is 6.61 Å². The van der Waals surface area contributed by atoms with E-state index in [2.05, 4.69) is 5.32 Å². The molecule has 0 saturated heterocycles. The Labute approximate surface area is 88.3 Å². The third-order valence-corrected chi connectivity index (χ3v) is 2.07. The zero-order valence-corrected chi connectivity index (χ0v) is 8.94. The van der Waals surface area contributed by atoms with Gasteiger partial charge in [0.25, 0.3) is 0 Å². The first-order chi connectivity index (χ1) is 7.20. The SMILES string of the molecule is CCOc1ccc(CCNC)c(F)c1F. The van der Waals surface area contributed by atoms with Crippen LogP contribution in [0.25, 0.3) is 0 Å². The van der Waals surface area contributed by atoms with E-state index in [1.807, 2.05) is 0 Å². The molecule has 0 aliphatic carbocycles. The Bertz CT molecular complexity index is 329. The Morgan fingerprint density at radius 3 is 2.60 bits per heavy atom. The second-order valence-corrected chi connectivity index (χ2v) is 3.14. The summed E-state index contributed by atoms with van der Waals surface area (Å²) in [7, 11) is 1.77. The summed E-state index contributed by atoms with van der Waals surface area (Å²) in [5.74, 6) is -1.73. The maximum absolute atomic E-state index is 13.4. The average molecular weight is 215 g/mol. The van der Waals surface area contributed by atoms with Gasteiger partial charge in [-0.3, -0.25) is 0 Å². The number of nitrogens with one attached hydrogen (secondary N) is 1. The molecule has 0 spiro atoms. The lowest BCUT2D eigenvalue weighted by atomic mass is 10.1. The van der Waals surface area contributed by atoms with Crippen molar-refractivity contribution in [3.05, 3.63) is 29.3 Å². The van der Waals surface area contributed by atoms with E-state index in [0.29, 0.717) is 25.1 Å². The van der Waals surface area contributed by atoms with E-state index >= 15 is 0 Å². The lowest BCUT2D eigenvalue weighted by Gasteiger charge is -2.08. The van der Waals surface area contributed by atoms with Crippen LogP contribution in [0.2, 0.25) is 0 Å². The molecule has 0 bridgehead atoms. The Morgan fingerprint density at radius 1 is 1.27 bits per heavy atom. The summed E-state index contributed by atoms with van der Waals surface area (Å²) in [4.78, 5) is 0. The minimum Gasteiger partial charge on any atom is -0.491 e. The number of hydrogen-bond donors (Lipinski definition) is 1. The van der Waals surface area contributed by atoms with Crippen molar-refractivity contribution in [2.45, 2.75) is 13.3 Å². The fourth-order valence-corrected chi connectivity index (χ4v) is 1.29. The summed E-state index contributed by atoms with van der Waals surface area (Å²) in [6, 6.07) is 3.02. The summed E-state index contributed by atoms with van der Waals surface area (Å²) < 4.78 is 31.7. The third-order valence-electron chi connectivity index (χ3n) is 2.07. The van der Waals surface area contributed by atoms with Crippen molar-refractivity contribution in [1.29, 1.82) is 0 Å². The van der Waals surface area contributed by atoms with Crippen molar-refractivity contribution in [3.8, 4) is 5.75 Å². The Balaban J connectivity index is 2.88. The van der Waals surface area contributed by atoms with Crippen LogP contribution in [-0.2, 0) is 6.42 Å². The molecule has 0 atom stereocenters. The highest BCUT2D eigenvalue weighted by molar-refractivity contribution is 5.31. The van der Waals surface area contributed by atoms with Crippen molar-refractivity contribution < 1.29 is 13.5 Å². The van der Waals surface area contributed by atoms with Gasteiger partial charge in [0, 0.05) is 0 Å². The molecule has 0 aromatic heterocycles. The molecule has 0 heterocycles. The highest BCUT2D eigenvalue weighted by atomic mass is 19.2. The number of hydrogen-bond acceptors (Lipinski definition) is 2. The molecule has 0 fully saturated rings. The van der Waals surface area contributed by atoms with Crippen LogP contribution in [-0.4, -0.2) is 20.2 Å². The number of rotatable bonds is 5. The molecule has 0 aliphatic rings. The number of ether oxygens (including phenoxy) is 1. The molecular formula is C11H15F2NO. The highest BCUT2D eigenvalue weighted by Crippen LogP contribution is 2.22. The maximum Gasteiger partial charge on any atom is 0.200 e. The summed E-state index contributed by atoms with van der Waals surface area (Å²) in [6.45, 7) is 2.67. The smallest absolute Gasteiger partial charge is 0.200 e. The summed E-state index contributed by atoms with van der Waals surface area (Å²) in [6.07, 6.45) is 0.464. The van der Waals surface area contributed by atoms with Crippen LogP contribution in [0.5, 0.6) is 5.75 Å². The van der Waals surface area contributed by atoms with E-state index in [-0.39, 0.29) is 5.75 Å². The first-order valence-electron chi connectivity index (χ1n) is 4.95. The van der Waals surface area contributed by atoms with Crippen LogP contribution >= 0.6 is 0 Å². The monoisotopic (exact) mass is 215 g/mol. The minimum atomic E-state index is -0.898. The Kier molecular flexibility index (Phi) is 4.49. The van der Waals surface area contributed by atoms with Crippen LogP contribution in [0.3, 0.4) is 0 Å². The molecule has 0 aliphatic heterocycles. The average Bonchev–Trinajstić information content (AvgIpc) is 2.24. The van der Waals surface area contributed by atoms with Gasteiger partial charge < -0.3 is 10.1 Å². The molecular weight excluding hydrogens is 200 g/mol. The van der Waals surface area contributed by atoms with E-state index in [4.69, 9.17) is 4.74 Å². The lowest BCUT2D eigenvalue weighted by molar-refractivity contribution is 0.313. The molecule has 0 amide bonds. The maximum atomic E-state index is 13.4.